The summed E-state index contributed by atoms with van der Waals surface area (Å²) in [6.45, 7) is 0. The Kier molecular flexibility index (Phi) is 3.18. The van der Waals surface area contributed by atoms with Gasteiger partial charge in [-0.1, -0.05) is 12.1 Å². The summed E-state index contributed by atoms with van der Waals surface area (Å²) in [5.74, 6) is 0.314. The zero-order valence-electron chi connectivity index (χ0n) is 10.0. The zero-order chi connectivity index (χ0) is 14.1. The van der Waals surface area contributed by atoms with Crippen LogP contribution in [0.3, 0.4) is 0 Å². The number of ether oxygens (including phenoxy) is 1. The molecule has 1 aliphatic rings. The van der Waals surface area contributed by atoms with Gasteiger partial charge in [0.15, 0.2) is 0 Å². The van der Waals surface area contributed by atoms with Gasteiger partial charge in [-0.25, -0.2) is 0 Å². The van der Waals surface area contributed by atoms with E-state index in [1.807, 2.05) is 6.07 Å². The highest BCUT2D eigenvalue weighted by atomic mass is 19.4. The SMILES string of the molecule is COc1cc(C2(C(F)(F)F)N=N2)ccc1CCC#N. The van der Waals surface area contributed by atoms with Crippen molar-refractivity contribution in [1.29, 1.82) is 5.26 Å². The second-order valence-electron chi connectivity index (χ2n) is 4.05. The summed E-state index contributed by atoms with van der Waals surface area (Å²) in [7, 11) is 1.37. The van der Waals surface area contributed by atoms with E-state index in [0.717, 1.165) is 0 Å². The summed E-state index contributed by atoms with van der Waals surface area (Å²) >= 11 is 0. The van der Waals surface area contributed by atoms with Gasteiger partial charge < -0.3 is 4.74 Å². The number of nitrogens with zero attached hydrogens (tertiary/aromatic N) is 3. The van der Waals surface area contributed by atoms with Crippen LogP contribution in [0.15, 0.2) is 28.4 Å². The van der Waals surface area contributed by atoms with Crippen molar-refractivity contribution in [2.75, 3.05) is 7.11 Å². The number of methoxy groups -OCH3 is 1. The van der Waals surface area contributed by atoms with Gasteiger partial charge in [-0.05, 0) is 18.1 Å². The van der Waals surface area contributed by atoms with Gasteiger partial charge in [0.05, 0.1) is 13.2 Å². The van der Waals surface area contributed by atoms with Crippen LogP contribution in [0.2, 0.25) is 0 Å². The quantitative estimate of drug-likeness (QED) is 0.841. The highest BCUT2D eigenvalue weighted by Crippen LogP contribution is 2.52. The van der Waals surface area contributed by atoms with Crippen LogP contribution in [0, 0.1) is 11.3 Å². The topological polar surface area (TPSA) is 57.7 Å². The Morgan fingerprint density at radius 2 is 2.05 bits per heavy atom. The molecule has 0 aliphatic carbocycles. The number of alkyl halides is 3. The Balaban J connectivity index is 2.33. The third-order valence-electron chi connectivity index (χ3n) is 2.89. The molecule has 7 heteroatoms. The van der Waals surface area contributed by atoms with Crippen molar-refractivity contribution >= 4 is 0 Å². The molecule has 0 aromatic heterocycles. The first kappa shape index (κ1) is 13.3. The minimum Gasteiger partial charge on any atom is -0.496 e. The molecule has 1 aromatic carbocycles. The standard InChI is InChI=1S/C12H10F3N3O/c1-19-10-7-9(5-4-8(10)3-2-6-16)11(17-18-11)12(13,14)15/h4-5,7H,2-3H2,1H3. The molecule has 0 atom stereocenters. The lowest BCUT2D eigenvalue weighted by molar-refractivity contribution is -0.166. The van der Waals surface area contributed by atoms with Crippen molar-refractivity contribution in [1.82, 2.24) is 0 Å². The maximum Gasteiger partial charge on any atom is 0.442 e. The number of hydrogen-bond acceptors (Lipinski definition) is 4. The number of aryl methyl sites for hydroxylation is 1. The first-order chi connectivity index (χ1) is 8.94. The van der Waals surface area contributed by atoms with Crippen LogP contribution in [0.25, 0.3) is 0 Å². The molecule has 100 valence electrons. The average Bonchev–Trinajstić information content (AvgIpc) is 3.17. The highest BCUT2D eigenvalue weighted by molar-refractivity contribution is 5.42. The Hall–Kier alpha value is -2.10. The number of hydrogen-bond donors (Lipinski definition) is 0. The normalized spacial score (nSPS) is 15.9. The predicted molar refractivity (Wildman–Crippen MR) is 59.5 cm³/mol. The Labute approximate surface area is 107 Å². The maximum atomic E-state index is 12.8. The van der Waals surface area contributed by atoms with Gasteiger partial charge in [-0.2, -0.15) is 18.4 Å². The molecule has 0 unspecified atom stereocenters. The van der Waals surface area contributed by atoms with Crippen molar-refractivity contribution in [2.45, 2.75) is 24.7 Å². The summed E-state index contributed by atoms with van der Waals surface area (Å²) in [6, 6.07) is 6.09. The van der Waals surface area contributed by atoms with Gasteiger partial charge in [0.2, 0.25) is 0 Å². The average molecular weight is 269 g/mol. The van der Waals surface area contributed by atoms with Gasteiger partial charge >= 0.3 is 11.8 Å². The van der Waals surface area contributed by atoms with E-state index < -0.39 is 11.8 Å². The smallest absolute Gasteiger partial charge is 0.442 e. The van der Waals surface area contributed by atoms with E-state index >= 15 is 0 Å². The van der Waals surface area contributed by atoms with Crippen LogP contribution in [0.1, 0.15) is 17.5 Å². The van der Waals surface area contributed by atoms with Crippen molar-refractivity contribution in [3.8, 4) is 11.8 Å². The largest absolute Gasteiger partial charge is 0.496 e. The summed E-state index contributed by atoms with van der Waals surface area (Å²) in [5, 5.41) is 14.8. The van der Waals surface area contributed by atoms with E-state index in [9.17, 15) is 13.2 Å². The molecule has 0 N–H and O–H groups in total. The molecule has 0 amide bonds. The summed E-state index contributed by atoms with van der Waals surface area (Å²) in [5.41, 5.74) is -1.82. The molecule has 0 fully saturated rings. The van der Waals surface area contributed by atoms with Gasteiger partial charge in [0.25, 0.3) is 0 Å². The summed E-state index contributed by atoms with van der Waals surface area (Å²) < 4.78 is 43.6. The predicted octanol–water partition coefficient (Wildman–Crippen LogP) is 3.33. The Morgan fingerprint density at radius 3 is 2.53 bits per heavy atom. The molecule has 0 saturated carbocycles. The third kappa shape index (κ3) is 2.26. The number of rotatable bonds is 4. The second kappa shape index (κ2) is 4.53. The summed E-state index contributed by atoms with van der Waals surface area (Å²) in [4.78, 5) is 0. The molecule has 0 bridgehead atoms. The van der Waals surface area contributed by atoms with E-state index in [4.69, 9.17) is 10.00 Å². The number of benzene rings is 1. The van der Waals surface area contributed by atoms with E-state index in [0.29, 0.717) is 17.7 Å². The molecule has 0 radical (unpaired) electrons. The van der Waals surface area contributed by atoms with Crippen molar-refractivity contribution < 1.29 is 17.9 Å². The van der Waals surface area contributed by atoms with E-state index in [1.54, 1.807) is 0 Å². The third-order valence-corrected chi connectivity index (χ3v) is 2.89. The van der Waals surface area contributed by atoms with Crippen LogP contribution in [-0.4, -0.2) is 13.3 Å². The lowest BCUT2D eigenvalue weighted by Gasteiger charge is -2.16. The Bertz CT molecular complexity index is 554. The van der Waals surface area contributed by atoms with Crippen LogP contribution in [0.5, 0.6) is 5.75 Å². The first-order valence-corrected chi connectivity index (χ1v) is 5.50. The molecule has 0 saturated heterocycles. The molecule has 1 aliphatic heterocycles. The summed E-state index contributed by atoms with van der Waals surface area (Å²) in [6.07, 6.45) is -3.85. The molecular weight excluding hydrogens is 259 g/mol. The molecule has 19 heavy (non-hydrogen) atoms. The molecule has 1 aromatic rings. The highest BCUT2D eigenvalue weighted by Gasteiger charge is 2.65. The fourth-order valence-corrected chi connectivity index (χ4v) is 1.80. The Morgan fingerprint density at radius 1 is 1.37 bits per heavy atom. The maximum absolute atomic E-state index is 12.8. The molecular formula is C12H10F3N3O. The molecule has 1 heterocycles. The lowest BCUT2D eigenvalue weighted by Crippen LogP contribution is -2.30. The monoisotopic (exact) mass is 269 g/mol. The minimum absolute atomic E-state index is 0.0717. The fourth-order valence-electron chi connectivity index (χ4n) is 1.80. The van der Waals surface area contributed by atoms with Crippen LogP contribution >= 0.6 is 0 Å². The van der Waals surface area contributed by atoms with Gasteiger partial charge in [0, 0.05) is 12.0 Å². The number of nitriles is 1. The van der Waals surface area contributed by atoms with Crippen molar-refractivity contribution in [2.24, 2.45) is 10.2 Å². The van der Waals surface area contributed by atoms with Gasteiger partial charge in [0.1, 0.15) is 5.75 Å². The van der Waals surface area contributed by atoms with Crippen LogP contribution in [0.4, 0.5) is 13.2 Å². The van der Waals surface area contributed by atoms with Crippen molar-refractivity contribution in [3.63, 3.8) is 0 Å². The second-order valence-corrected chi connectivity index (χ2v) is 4.05. The van der Waals surface area contributed by atoms with E-state index in [-0.39, 0.29) is 12.0 Å². The molecule has 2 rings (SSSR count). The van der Waals surface area contributed by atoms with Gasteiger partial charge in [-0.15, -0.1) is 10.2 Å². The lowest BCUT2D eigenvalue weighted by atomic mass is 9.99. The van der Waals surface area contributed by atoms with E-state index in [1.165, 1.54) is 25.3 Å². The zero-order valence-corrected chi connectivity index (χ0v) is 10.0. The van der Waals surface area contributed by atoms with Crippen LogP contribution < -0.4 is 4.74 Å². The fraction of sp³-hybridized carbons (Fsp3) is 0.417. The molecule has 4 nitrogen and oxygen atoms in total. The van der Waals surface area contributed by atoms with Gasteiger partial charge in [-0.3, -0.25) is 0 Å². The molecule has 0 spiro atoms. The van der Waals surface area contributed by atoms with E-state index in [2.05, 4.69) is 10.2 Å². The van der Waals surface area contributed by atoms with Crippen molar-refractivity contribution in [3.05, 3.63) is 29.3 Å². The number of halogens is 3. The van der Waals surface area contributed by atoms with Crippen LogP contribution in [-0.2, 0) is 12.1 Å². The minimum atomic E-state index is -4.55. The first-order valence-electron chi connectivity index (χ1n) is 5.50.